The zero-order valence-electron chi connectivity index (χ0n) is 44.4. The molecule has 0 aliphatic carbocycles. The molecular weight excluding hydrogens is 1010 g/mol. The van der Waals surface area contributed by atoms with Gasteiger partial charge in [0.2, 0.25) is 20.0 Å². The second-order valence-corrected chi connectivity index (χ2v) is 21.1. The first-order valence-electron chi connectivity index (χ1n) is 25.6. The van der Waals surface area contributed by atoms with Crippen LogP contribution >= 0.6 is 0 Å². The van der Waals surface area contributed by atoms with Crippen LogP contribution in [0.5, 0.6) is 11.5 Å². The molecule has 6 aromatic rings. The summed E-state index contributed by atoms with van der Waals surface area (Å²) in [6.07, 6.45) is 4.11. The first-order valence-corrected chi connectivity index (χ1v) is 27.9. The van der Waals surface area contributed by atoms with Crippen molar-refractivity contribution in [3.63, 3.8) is 0 Å². The van der Waals surface area contributed by atoms with Crippen molar-refractivity contribution in [3.05, 3.63) is 78.6 Å². The van der Waals surface area contributed by atoms with Crippen LogP contribution in [0.15, 0.2) is 55.8 Å². The molecule has 410 valence electrons. The van der Waals surface area contributed by atoms with Crippen molar-refractivity contribution in [2.75, 3.05) is 65.7 Å². The number of ether oxygens (including phenoxy) is 2. The highest BCUT2D eigenvalue weighted by Gasteiger charge is 2.33. The SMILES string of the molecule is CCCc1nn(C)c2c(=O)[nH]c(-c3cc(S(=O)(=O)NC4CN(CCCO)C4)ccc3OCC)nc12.CCCc1nn(C)c2c(=O)[nH]c(-c3cc(S(=O)(=O)NC4CN(CCCO[N+](=O)[O-])C4)ccc3OCC)nc12.[2H]CC. The summed E-state index contributed by atoms with van der Waals surface area (Å²) in [5.41, 5.74) is 3.11. The molecule has 6 heterocycles. The van der Waals surface area contributed by atoms with E-state index in [1.807, 2.05) is 32.6 Å². The summed E-state index contributed by atoms with van der Waals surface area (Å²) < 4.78 is 78.7. The number of aryl methyl sites for hydroxylation is 4. The highest BCUT2D eigenvalue weighted by atomic mass is 32.2. The summed E-state index contributed by atoms with van der Waals surface area (Å²) in [5.74, 6) is 1.24. The second kappa shape index (κ2) is 25.9. The van der Waals surface area contributed by atoms with Crippen LogP contribution in [0.25, 0.3) is 44.8 Å². The number of aliphatic hydroxyl groups is 1. The van der Waals surface area contributed by atoms with E-state index in [1.165, 1.54) is 33.6 Å². The predicted octanol–water partition coefficient (Wildman–Crippen LogP) is 3.28. The van der Waals surface area contributed by atoms with Gasteiger partial charge in [-0.05, 0) is 75.9 Å². The maximum atomic E-state index is 13.2. The number of nitrogens with one attached hydrogen (secondary N) is 4. The number of likely N-dealkylation sites (tertiary alicyclic amines) is 2. The Balaban J connectivity index is 0.000000235. The number of aliphatic hydroxyl groups excluding tert-OH is 1. The molecule has 0 spiro atoms. The molecule has 0 saturated carbocycles. The minimum Gasteiger partial charge on any atom is -0.493 e. The molecule has 2 aliphatic rings. The zero-order valence-corrected chi connectivity index (χ0v) is 45.1. The van der Waals surface area contributed by atoms with Crippen LogP contribution in [0, 0.1) is 10.1 Å². The number of benzene rings is 2. The molecule has 0 amide bonds. The molecule has 2 saturated heterocycles. The predicted molar refractivity (Wildman–Crippen MR) is 281 cm³/mol. The molecule has 2 aromatic carbocycles. The molecule has 8 rings (SSSR count). The van der Waals surface area contributed by atoms with Crippen molar-refractivity contribution in [2.45, 2.75) is 102 Å². The number of nitrogens with zero attached hydrogens (tertiary/aromatic N) is 9. The number of fused-ring (bicyclic) bond motifs is 2. The molecule has 4 aromatic heterocycles. The number of sulfonamides is 2. The lowest BCUT2D eigenvalue weighted by molar-refractivity contribution is -0.757. The molecule has 27 heteroatoms. The number of aromatic amines is 2. The normalized spacial score (nSPS) is 14.6. The van der Waals surface area contributed by atoms with Crippen molar-refractivity contribution in [1.82, 2.24) is 58.7 Å². The van der Waals surface area contributed by atoms with Gasteiger partial charge in [0.05, 0.1) is 52.1 Å². The average molecular weight is 1090 g/mol. The largest absolute Gasteiger partial charge is 0.493 e. The van der Waals surface area contributed by atoms with Crippen molar-refractivity contribution in [2.24, 2.45) is 14.1 Å². The van der Waals surface area contributed by atoms with E-state index in [4.69, 9.17) is 16.0 Å². The smallest absolute Gasteiger partial charge is 0.294 e. The van der Waals surface area contributed by atoms with Crippen molar-refractivity contribution >= 4 is 42.1 Å². The van der Waals surface area contributed by atoms with E-state index in [-0.39, 0.29) is 57.9 Å². The Morgan fingerprint density at radius 3 is 1.53 bits per heavy atom. The van der Waals surface area contributed by atoms with Crippen LogP contribution < -0.4 is 30.0 Å². The fourth-order valence-corrected chi connectivity index (χ4v) is 11.3. The van der Waals surface area contributed by atoms with E-state index in [0.717, 1.165) is 25.1 Å². The average Bonchev–Trinajstić information content (AvgIpc) is 3.85. The van der Waals surface area contributed by atoms with E-state index in [0.29, 0.717) is 129 Å². The maximum Gasteiger partial charge on any atom is 0.294 e. The van der Waals surface area contributed by atoms with Crippen LogP contribution in [-0.2, 0) is 51.8 Å². The number of H-pyrrole nitrogens is 2. The molecule has 0 atom stereocenters. The second-order valence-electron chi connectivity index (χ2n) is 17.7. The highest BCUT2D eigenvalue weighted by Crippen LogP contribution is 2.33. The number of aromatic nitrogens is 8. The number of rotatable bonds is 24. The molecule has 75 heavy (non-hydrogen) atoms. The Hall–Kier alpha value is -6.36. The third-order valence-electron chi connectivity index (χ3n) is 12.1. The fourth-order valence-electron chi connectivity index (χ4n) is 8.79. The van der Waals surface area contributed by atoms with E-state index >= 15 is 0 Å². The Morgan fingerprint density at radius 1 is 0.747 bits per heavy atom. The van der Waals surface area contributed by atoms with Gasteiger partial charge in [-0.3, -0.25) is 23.9 Å². The fraction of sp³-hybridized carbons (Fsp3) is 0.542. The molecule has 5 N–H and O–H groups in total. The van der Waals surface area contributed by atoms with Gasteiger partial charge in [-0.15, -0.1) is 10.1 Å². The first-order chi connectivity index (χ1) is 36.3. The van der Waals surface area contributed by atoms with Crippen LogP contribution in [0.1, 0.15) is 80.0 Å². The summed E-state index contributed by atoms with van der Waals surface area (Å²) in [6, 6.07) is 8.50. The minimum absolute atomic E-state index is 0.00422. The van der Waals surface area contributed by atoms with Crippen LogP contribution in [0.2, 0.25) is 0 Å². The van der Waals surface area contributed by atoms with Gasteiger partial charge >= 0.3 is 0 Å². The lowest BCUT2D eigenvalue weighted by Crippen LogP contribution is -2.59. The van der Waals surface area contributed by atoms with E-state index in [1.54, 1.807) is 33.2 Å². The molecule has 0 unspecified atom stereocenters. The van der Waals surface area contributed by atoms with Crippen LogP contribution in [0.3, 0.4) is 0 Å². The Bertz CT molecular complexity index is 3300. The number of hydrogen-bond donors (Lipinski definition) is 5. The van der Waals surface area contributed by atoms with Crippen molar-refractivity contribution in [3.8, 4) is 34.3 Å². The Morgan fingerprint density at radius 2 is 1.16 bits per heavy atom. The molecule has 2 fully saturated rings. The topological polar surface area (TPSA) is 317 Å². The highest BCUT2D eigenvalue weighted by molar-refractivity contribution is 7.89. The summed E-state index contributed by atoms with van der Waals surface area (Å²) in [5, 5.41) is 27.2. The zero-order chi connectivity index (χ0) is 55.3. The minimum atomic E-state index is -3.89. The summed E-state index contributed by atoms with van der Waals surface area (Å²) in [4.78, 5) is 59.4. The quantitative estimate of drug-likeness (QED) is 0.0330. The monoisotopic (exact) mass is 1080 g/mol. The molecule has 0 bridgehead atoms. The summed E-state index contributed by atoms with van der Waals surface area (Å²) >= 11 is 0. The van der Waals surface area contributed by atoms with Gasteiger partial charge in [0.25, 0.3) is 16.2 Å². The first kappa shape index (κ1) is 56.4. The van der Waals surface area contributed by atoms with Gasteiger partial charge in [0.15, 0.2) is 11.0 Å². The Kier molecular flexibility index (Phi) is 19.5. The molecule has 2 aliphatic heterocycles. The van der Waals surface area contributed by atoms with Gasteiger partial charge < -0.3 is 34.3 Å². The lowest BCUT2D eigenvalue weighted by atomic mass is 10.1. The van der Waals surface area contributed by atoms with E-state index < -0.39 is 25.1 Å². The maximum absolute atomic E-state index is 13.2. The third-order valence-corrected chi connectivity index (χ3v) is 15.2. The standard InChI is InChI=1S/C23H31N7O7S.C23H32N6O5S.C2H6/c1-4-7-18-20-21(28(3)26-18)23(31)25-22(24-20)17-12-16(8-9-19(17)36-5-2)38(34,35)27-15-13-29(14-15)10-6-11-37-30(32)33;1-4-7-18-20-21(28(3)26-18)23(31)25-22(24-20)17-12-16(8-9-19(17)34-5-2)35(32,33)27-15-13-29(14-15)10-6-11-30;1-2/h8-9,12,15,27H,4-7,10-11,13-14H2,1-3H3,(H,24,25,31);8-9,12,15,27,30H,4-7,10-11,13-14H2,1-3H3,(H,24,25,31);1-2H3/i;;1D. The Labute approximate surface area is 436 Å². The van der Waals surface area contributed by atoms with Gasteiger partial charge in [-0.2, -0.15) is 10.2 Å². The summed E-state index contributed by atoms with van der Waals surface area (Å²) in [6.45, 7) is 14.2. The third kappa shape index (κ3) is 13.9. The van der Waals surface area contributed by atoms with Crippen molar-refractivity contribution < 1.29 is 42.7 Å². The van der Waals surface area contributed by atoms with Crippen LogP contribution in [0.4, 0.5) is 0 Å². The van der Waals surface area contributed by atoms with Gasteiger partial charge in [0, 0.05) is 73.4 Å². The van der Waals surface area contributed by atoms with Crippen molar-refractivity contribution in [1.29, 1.82) is 0 Å². The number of hydrogen-bond acceptors (Lipinski definition) is 18. The van der Waals surface area contributed by atoms with Gasteiger partial charge in [0.1, 0.15) is 34.2 Å². The van der Waals surface area contributed by atoms with E-state index in [2.05, 4.69) is 49.3 Å². The van der Waals surface area contributed by atoms with E-state index in [9.17, 15) is 36.5 Å². The lowest BCUT2D eigenvalue weighted by Gasteiger charge is -2.39. The molecular formula is C48H69N13O12S2. The van der Waals surface area contributed by atoms with Gasteiger partial charge in [-0.25, -0.2) is 36.2 Å². The molecule has 0 radical (unpaired) electrons. The van der Waals surface area contributed by atoms with Gasteiger partial charge in [-0.1, -0.05) is 40.5 Å². The van der Waals surface area contributed by atoms with Crippen LogP contribution in [-0.4, -0.2) is 154 Å². The molecule has 25 nitrogen and oxygen atoms in total. The summed E-state index contributed by atoms with van der Waals surface area (Å²) in [7, 11) is -4.31.